The Morgan fingerprint density at radius 1 is 1.08 bits per heavy atom. The first kappa shape index (κ1) is 19.9. The highest BCUT2D eigenvalue weighted by Crippen LogP contribution is 2.20. The topological polar surface area (TPSA) is 87.3 Å². The number of hydrogen-bond acceptors (Lipinski definition) is 3. The molecule has 6 heteroatoms. The molecule has 6 nitrogen and oxygen atoms in total. The molecule has 1 aliphatic carbocycles. The monoisotopic (exact) mass is 359 g/mol. The van der Waals surface area contributed by atoms with Crippen LogP contribution in [0.25, 0.3) is 0 Å². The molecular weight excluding hydrogens is 330 g/mol. The molecule has 1 fully saturated rings. The highest BCUT2D eigenvalue weighted by molar-refractivity contribution is 6.03. The van der Waals surface area contributed by atoms with Crippen LogP contribution in [0.5, 0.6) is 0 Å². The fraction of sp³-hybridized carbons (Fsp3) is 0.550. The van der Waals surface area contributed by atoms with Crippen molar-refractivity contribution in [2.75, 3.05) is 11.9 Å². The van der Waals surface area contributed by atoms with Gasteiger partial charge in [0.1, 0.15) is 0 Å². The molecule has 0 atom stereocenters. The molecule has 1 aliphatic rings. The van der Waals surface area contributed by atoms with Crippen molar-refractivity contribution < 1.29 is 14.4 Å². The van der Waals surface area contributed by atoms with Crippen LogP contribution in [-0.4, -0.2) is 30.3 Å². The van der Waals surface area contributed by atoms with Crippen LogP contribution in [0.2, 0.25) is 0 Å². The van der Waals surface area contributed by atoms with Crippen LogP contribution in [0.15, 0.2) is 24.3 Å². The maximum Gasteiger partial charge on any atom is 0.253 e. The van der Waals surface area contributed by atoms with Gasteiger partial charge in [-0.2, -0.15) is 0 Å². The molecule has 0 saturated heterocycles. The number of anilines is 1. The average Bonchev–Trinajstić information content (AvgIpc) is 3.07. The van der Waals surface area contributed by atoms with Crippen LogP contribution in [0, 0.1) is 5.41 Å². The lowest BCUT2D eigenvalue weighted by atomic mass is 9.96. The first-order valence-corrected chi connectivity index (χ1v) is 9.25. The fourth-order valence-corrected chi connectivity index (χ4v) is 2.89. The SMILES string of the molecule is CC(C)(C)C(=O)NCCC(=O)Nc1ccccc1C(=O)NC1CCCC1. The summed E-state index contributed by atoms with van der Waals surface area (Å²) in [6, 6.07) is 7.21. The molecule has 0 aromatic heterocycles. The zero-order valence-electron chi connectivity index (χ0n) is 15.9. The predicted octanol–water partition coefficient (Wildman–Crippen LogP) is 2.85. The maximum absolute atomic E-state index is 12.5. The van der Waals surface area contributed by atoms with Gasteiger partial charge in [0.05, 0.1) is 11.3 Å². The molecule has 0 unspecified atom stereocenters. The summed E-state index contributed by atoms with van der Waals surface area (Å²) in [5.41, 5.74) is 0.475. The summed E-state index contributed by atoms with van der Waals surface area (Å²) in [6.45, 7) is 5.73. The Morgan fingerprint density at radius 3 is 2.38 bits per heavy atom. The number of nitrogens with one attached hydrogen (secondary N) is 3. The molecule has 1 aromatic rings. The Balaban J connectivity index is 1.89. The lowest BCUT2D eigenvalue weighted by molar-refractivity contribution is -0.128. The molecule has 1 saturated carbocycles. The van der Waals surface area contributed by atoms with Gasteiger partial charge in [0.25, 0.3) is 5.91 Å². The van der Waals surface area contributed by atoms with Gasteiger partial charge >= 0.3 is 0 Å². The molecular formula is C20H29N3O3. The van der Waals surface area contributed by atoms with E-state index in [1.807, 2.05) is 20.8 Å². The van der Waals surface area contributed by atoms with E-state index >= 15 is 0 Å². The Hall–Kier alpha value is -2.37. The molecule has 0 radical (unpaired) electrons. The van der Waals surface area contributed by atoms with E-state index in [1.54, 1.807) is 24.3 Å². The quantitative estimate of drug-likeness (QED) is 0.730. The molecule has 0 aliphatic heterocycles. The van der Waals surface area contributed by atoms with Gasteiger partial charge in [-0.1, -0.05) is 45.7 Å². The second kappa shape index (κ2) is 8.83. The number of hydrogen-bond donors (Lipinski definition) is 3. The maximum atomic E-state index is 12.5. The van der Waals surface area contributed by atoms with Crippen LogP contribution in [0.1, 0.15) is 63.2 Å². The van der Waals surface area contributed by atoms with Crippen molar-refractivity contribution in [1.82, 2.24) is 10.6 Å². The van der Waals surface area contributed by atoms with Crippen LogP contribution < -0.4 is 16.0 Å². The summed E-state index contributed by atoms with van der Waals surface area (Å²) in [5, 5.41) is 8.56. The van der Waals surface area contributed by atoms with Crippen molar-refractivity contribution in [3.8, 4) is 0 Å². The molecule has 3 N–H and O–H groups in total. The molecule has 0 heterocycles. The molecule has 1 aromatic carbocycles. The Labute approximate surface area is 155 Å². The van der Waals surface area contributed by atoms with Crippen molar-refractivity contribution in [2.24, 2.45) is 5.41 Å². The van der Waals surface area contributed by atoms with E-state index < -0.39 is 5.41 Å². The lowest BCUT2D eigenvalue weighted by Gasteiger charge is -2.17. The minimum absolute atomic E-state index is 0.0957. The van der Waals surface area contributed by atoms with Crippen molar-refractivity contribution in [3.05, 3.63) is 29.8 Å². The number of rotatable bonds is 6. The van der Waals surface area contributed by atoms with Gasteiger partial charge in [-0.05, 0) is 25.0 Å². The van der Waals surface area contributed by atoms with E-state index in [4.69, 9.17) is 0 Å². The summed E-state index contributed by atoms with van der Waals surface area (Å²) < 4.78 is 0. The Bertz CT molecular complexity index is 659. The zero-order valence-corrected chi connectivity index (χ0v) is 15.9. The van der Waals surface area contributed by atoms with Crippen molar-refractivity contribution in [1.29, 1.82) is 0 Å². The van der Waals surface area contributed by atoms with E-state index in [9.17, 15) is 14.4 Å². The third-order valence-corrected chi connectivity index (χ3v) is 4.45. The van der Waals surface area contributed by atoms with Crippen LogP contribution in [0.4, 0.5) is 5.69 Å². The van der Waals surface area contributed by atoms with E-state index in [1.165, 1.54) is 0 Å². The number of carbonyl (C=O) groups is 3. The third-order valence-electron chi connectivity index (χ3n) is 4.45. The lowest BCUT2D eigenvalue weighted by Crippen LogP contribution is -2.36. The van der Waals surface area contributed by atoms with Crippen molar-refractivity contribution in [2.45, 2.75) is 58.9 Å². The molecule has 142 valence electrons. The summed E-state index contributed by atoms with van der Waals surface area (Å²) in [5.74, 6) is -0.490. The molecule has 0 bridgehead atoms. The third kappa shape index (κ3) is 5.86. The molecule has 0 spiro atoms. The van der Waals surface area contributed by atoms with Gasteiger partial charge < -0.3 is 16.0 Å². The first-order chi connectivity index (χ1) is 12.3. The van der Waals surface area contributed by atoms with E-state index in [-0.39, 0.29) is 36.7 Å². The second-order valence-corrected chi connectivity index (χ2v) is 7.80. The van der Waals surface area contributed by atoms with Gasteiger partial charge in [0, 0.05) is 24.4 Å². The molecule has 3 amide bonds. The van der Waals surface area contributed by atoms with Gasteiger partial charge in [0.2, 0.25) is 11.8 Å². The first-order valence-electron chi connectivity index (χ1n) is 9.25. The smallest absolute Gasteiger partial charge is 0.253 e. The van der Waals surface area contributed by atoms with Gasteiger partial charge in [-0.25, -0.2) is 0 Å². The normalized spacial score (nSPS) is 14.7. The average molecular weight is 359 g/mol. The van der Waals surface area contributed by atoms with Crippen LogP contribution in [-0.2, 0) is 9.59 Å². The second-order valence-electron chi connectivity index (χ2n) is 7.80. The van der Waals surface area contributed by atoms with Crippen molar-refractivity contribution in [3.63, 3.8) is 0 Å². The standard InChI is InChI=1S/C20H29N3O3/c1-20(2,3)19(26)21-13-12-17(24)23-16-11-7-6-10-15(16)18(25)22-14-8-4-5-9-14/h6-7,10-11,14H,4-5,8-9,12-13H2,1-3H3,(H,21,26)(H,22,25)(H,23,24). The summed E-state index contributed by atoms with van der Waals surface area (Å²) >= 11 is 0. The van der Waals surface area contributed by atoms with Gasteiger partial charge in [0.15, 0.2) is 0 Å². The summed E-state index contributed by atoms with van der Waals surface area (Å²) in [6.07, 6.45) is 4.45. The number of carbonyl (C=O) groups excluding carboxylic acids is 3. The Morgan fingerprint density at radius 2 is 1.73 bits per heavy atom. The fourth-order valence-electron chi connectivity index (χ4n) is 2.89. The highest BCUT2D eigenvalue weighted by Gasteiger charge is 2.22. The molecule has 26 heavy (non-hydrogen) atoms. The van der Waals surface area contributed by atoms with Crippen LogP contribution in [0.3, 0.4) is 0 Å². The minimum atomic E-state index is -0.485. The number of amides is 3. The largest absolute Gasteiger partial charge is 0.355 e. The zero-order chi connectivity index (χ0) is 19.2. The summed E-state index contributed by atoms with van der Waals surface area (Å²) in [4.78, 5) is 36.5. The number of para-hydroxylation sites is 1. The highest BCUT2D eigenvalue weighted by atomic mass is 16.2. The van der Waals surface area contributed by atoms with E-state index in [0.29, 0.717) is 11.3 Å². The Kier molecular flexibility index (Phi) is 6.77. The predicted molar refractivity (Wildman–Crippen MR) is 102 cm³/mol. The van der Waals surface area contributed by atoms with Crippen molar-refractivity contribution >= 4 is 23.4 Å². The summed E-state index contributed by atoms with van der Waals surface area (Å²) in [7, 11) is 0. The van der Waals surface area contributed by atoms with Crippen LogP contribution >= 0.6 is 0 Å². The van der Waals surface area contributed by atoms with Gasteiger partial charge in [-0.15, -0.1) is 0 Å². The molecule has 2 rings (SSSR count). The van der Waals surface area contributed by atoms with E-state index in [2.05, 4.69) is 16.0 Å². The number of benzene rings is 1. The van der Waals surface area contributed by atoms with E-state index in [0.717, 1.165) is 25.7 Å². The van der Waals surface area contributed by atoms with Gasteiger partial charge in [-0.3, -0.25) is 14.4 Å². The minimum Gasteiger partial charge on any atom is -0.355 e.